The molecule has 2 atom stereocenters. The van der Waals surface area contributed by atoms with Crippen LogP contribution < -0.4 is 15.5 Å². The lowest BCUT2D eigenvalue weighted by molar-refractivity contribution is 0.485. The van der Waals surface area contributed by atoms with E-state index < -0.39 is 0 Å². The van der Waals surface area contributed by atoms with Crippen LogP contribution in [-0.2, 0) is 0 Å². The van der Waals surface area contributed by atoms with Crippen molar-refractivity contribution >= 4 is 45.4 Å². The molecule has 1 fully saturated rings. The molecule has 0 aromatic heterocycles. The second-order valence-corrected chi connectivity index (χ2v) is 14.2. The highest BCUT2D eigenvalue weighted by atomic mass is 15.1. The zero-order valence-electron chi connectivity index (χ0n) is 29.3. The molecule has 2 aliphatic carbocycles. The largest absolute Gasteiger partial charge is 0.355 e. The van der Waals surface area contributed by atoms with Crippen LogP contribution in [0.25, 0.3) is 16.7 Å². The number of anilines is 7. The highest BCUT2D eigenvalue weighted by Gasteiger charge is 2.57. The van der Waals surface area contributed by atoms with Gasteiger partial charge < -0.3 is 15.5 Å². The second-order valence-electron chi connectivity index (χ2n) is 14.2. The Morgan fingerprint density at radius 1 is 0.500 bits per heavy atom. The number of nitrogens with zero attached hydrogens (tertiary/aromatic N) is 1. The quantitative estimate of drug-likeness (QED) is 0.152. The molecular formula is C49H41N3. The van der Waals surface area contributed by atoms with Crippen molar-refractivity contribution in [2.45, 2.75) is 25.7 Å². The number of hydrogen-bond donors (Lipinski definition) is 2. The van der Waals surface area contributed by atoms with Gasteiger partial charge in [0.2, 0.25) is 0 Å². The van der Waals surface area contributed by atoms with Crippen molar-refractivity contribution in [3.8, 4) is 11.1 Å². The summed E-state index contributed by atoms with van der Waals surface area (Å²) in [4.78, 5) is 2.30. The normalized spacial score (nSPS) is 17.4. The lowest BCUT2D eigenvalue weighted by Gasteiger charge is -2.26. The molecule has 9 rings (SSSR count). The van der Waals surface area contributed by atoms with E-state index in [1.807, 2.05) is 0 Å². The summed E-state index contributed by atoms with van der Waals surface area (Å²) in [6, 6.07) is 67.1. The monoisotopic (exact) mass is 671 g/mol. The zero-order valence-corrected chi connectivity index (χ0v) is 29.3. The third-order valence-electron chi connectivity index (χ3n) is 10.9. The predicted octanol–water partition coefficient (Wildman–Crippen LogP) is 13.7. The molecule has 0 amide bonds. The Labute approximate surface area is 306 Å². The van der Waals surface area contributed by atoms with Crippen molar-refractivity contribution in [3.05, 3.63) is 205 Å². The van der Waals surface area contributed by atoms with E-state index >= 15 is 0 Å². The minimum absolute atomic E-state index is 0.181. The van der Waals surface area contributed by atoms with Crippen LogP contribution in [0.4, 0.5) is 39.8 Å². The third-order valence-corrected chi connectivity index (χ3v) is 10.9. The minimum Gasteiger partial charge on any atom is -0.355 e. The molecule has 0 heterocycles. The van der Waals surface area contributed by atoms with Crippen molar-refractivity contribution in [3.63, 3.8) is 0 Å². The van der Waals surface area contributed by atoms with Gasteiger partial charge in [0, 0.05) is 50.9 Å². The van der Waals surface area contributed by atoms with Gasteiger partial charge in [-0.25, -0.2) is 0 Å². The van der Waals surface area contributed by atoms with Gasteiger partial charge in [-0.1, -0.05) is 128 Å². The van der Waals surface area contributed by atoms with E-state index in [0.717, 1.165) is 47.0 Å². The van der Waals surface area contributed by atoms with Crippen LogP contribution in [0.1, 0.15) is 36.8 Å². The Bertz CT molecular complexity index is 2310. The zero-order chi connectivity index (χ0) is 34.9. The summed E-state index contributed by atoms with van der Waals surface area (Å²) in [5.41, 5.74) is 16.3. The van der Waals surface area contributed by atoms with Crippen LogP contribution in [0.15, 0.2) is 194 Å². The number of fused-ring (bicyclic) bond motifs is 1. The molecule has 252 valence electrons. The number of rotatable bonds is 10. The Balaban J connectivity index is 1.03. The molecule has 2 N–H and O–H groups in total. The summed E-state index contributed by atoms with van der Waals surface area (Å²) < 4.78 is 0. The first-order valence-corrected chi connectivity index (χ1v) is 18.2. The Hall–Kier alpha value is -6.32. The fourth-order valence-electron chi connectivity index (χ4n) is 8.15. The summed E-state index contributed by atoms with van der Waals surface area (Å²) >= 11 is 0. The molecule has 3 nitrogen and oxygen atoms in total. The summed E-state index contributed by atoms with van der Waals surface area (Å²) in [6.07, 6.45) is 2.18. The van der Waals surface area contributed by atoms with Crippen molar-refractivity contribution < 1.29 is 0 Å². The third kappa shape index (κ3) is 6.05. The summed E-state index contributed by atoms with van der Waals surface area (Å²) in [5.74, 6) is 0.417. The molecule has 0 aliphatic heterocycles. The van der Waals surface area contributed by atoms with Gasteiger partial charge in [0.1, 0.15) is 0 Å². The topological polar surface area (TPSA) is 27.3 Å². The first-order chi connectivity index (χ1) is 25.6. The second kappa shape index (κ2) is 13.4. The lowest BCUT2D eigenvalue weighted by Crippen LogP contribution is -2.10. The number of benzene rings is 7. The molecular weight excluding hydrogens is 631 g/mol. The standard InChI is InChI=1S/C49H41N3/c1-49-34-46(49)44(43-24-14-15-25-47(43)50-37-18-8-3-9-19-37)33-45(49)36-26-31-42(35-16-6-2-7-17-35)48(32-36)51-38-27-29-41(30-28-38)52(39-20-10-4-11-21-39)40-22-12-5-13-23-40/h2-32,45,50-51H,33-34H2,1H3/t45?,49-/m1/s1. The number of nitrogens with one attached hydrogen (secondary N) is 2. The van der Waals surface area contributed by atoms with Gasteiger partial charge in [0.25, 0.3) is 0 Å². The number of allylic oxidation sites excluding steroid dienone is 2. The Kier molecular flexibility index (Phi) is 8.17. The SMILES string of the molecule is C[C@]12CC1=C(c1ccccc1Nc1ccccc1)CC2c1ccc(-c2ccccc2)c(Nc2ccc(N(c3ccccc3)c3ccccc3)cc2)c1. The van der Waals surface area contributed by atoms with Gasteiger partial charge >= 0.3 is 0 Å². The average Bonchev–Trinajstić information content (AvgIpc) is 3.80. The van der Waals surface area contributed by atoms with Crippen molar-refractivity contribution in [2.24, 2.45) is 5.41 Å². The van der Waals surface area contributed by atoms with E-state index in [-0.39, 0.29) is 5.41 Å². The molecule has 3 heteroatoms. The maximum absolute atomic E-state index is 3.86. The summed E-state index contributed by atoms with van der Waals surface area (Å²) in [7, 11) is 0. The maximum Gasteiger partial charge on any atom is 0.0466 e. The first kappa shape index (κ1) is 31.6. The molecule has 7 aromatic rings. The number of hydrogen-bond acceptors (Lipinski definition) is 3. The Morgan fingerprint density at radius 3 is 1.71 bits per heavy atom. The lowest BCUT2D eigenvalue weighted by atomic mass is 9.82. The van der Waals surface area contributed by atoms with E-state index in [4.69, 9.17) is 0 Å². The average molecular weight is 672 g/mol. The molecule has 52 heavy (non-hydrogen) atoms. The minimum atomic E-state index is 0.181. The number of para-hydroxylation sites is 4. The molecule has 7 aromatic carbocycles. The van der Waals surface area contributed by atoms with Crippen LogP contribution in [0.2, 0.25) is 0 Å². The molecule has 0 radical (unpaired) electrons. The van der Waals surface area contributed by atoms with Crippen LogP contribution in [-0.4, -0.2) is 0 Å². The van der Waals surface area contributed by atoms with E-state index in [1.165, 1.54) is 33.5 Å². The van der Waals surface area contributed by atoms with Crippen molar-refractivity contribution in [2.75, 3.05) is 15.5 Å². The fourth-order valence-corrected chi connectivity index (χ4v) is 8.15. The van der Waals surface area contributed by atoms with Gasteiger partial charge in [-0.3, -0.25) is 0 Å². The van der Waals surface area contributed by atoms with Gasteiger partial charge in [-0.15, -0.1) is 0 Å². The Morgan fingerprint density at radius 2 is 1.04 bits per heavy atom. The highest BCUT2D eigenvalue weighted by Crippen LogP contribution is 2.71. The van der Waals surface area contributed by atoms with Crippen molar-refractivity contribution in [1.82, 2.24) is 0 Å². The van der Waals surface area contributed by atoms with E-state index in [2.05, 4.69) is 211 Å². The van der Waals surface area contributed by atoms with Crippen LogP contribution in [0.5, 0.6) is 0 Å². The molecule has 0 spiro atoms. The highest BCUT2D eigenvalue weighted by molar-refractivity contribution is 5.88. The summed E-state index contributed by atoms with van der Waals surface area (Å²) in [5, 5.41) is 7.56. The van der Waals surface area contributed by atoms with E-state index in [9.17, 15) is 0 Å². The molecule has 1 unspecified atom stereocenters. The van der Waals surface area contributed by atoms with Crippen LogP contribution >= 0.6 is 0 Å². The van der Waals surface area contributed by atoms with Gasteiger partial charge in [0.15, 0.2) is 0 Å². The summed E-state index contributed by atoms with van der Waals surface area (Å²) in [6.45, 7) is 2.47. The predicted molar refractivity (Wildman–Crippen MR) is 219 cm³/mol. The fraction of sp³-hybridized carbons (Fsp3) is 0.102. The van der Waals surface area contributed by atoms with E-state index in [0.29, 0.717) is 5.92 Å². The van der Waals surface area contributed by atoms with Crippen LogP contribution in [0, 0.1) is 5.41 Å². The van der Waals surface area contributed by atoms with Crippen molar-refractivity contribution in [1.29, 1.82) is 0 Å². The molecule has 1 saturated carbocycles. The van der Waals surface area contributed by atoms with Gasteiger partial charge in [-0.05, 0) is 114 Å². The molecule has 2 aliphatic rings. The molecule has 0 bridgehead atoms. The van der Waals surface area contributed by atoms with Gasteiger partial charge in [0.05, 0.1) is 0 Å². The van der Waals surface area contributed by atoms with Gasteiger partial charge in [-0.2, -0.15) is 0 Å². The van der Waals surface area contributed by atoms with E-state index in [1.54, 1.807) is 5.57 Å². The maximum atomic E-state index is 3.86. The first-order valence-electron chi connectivity index (χ1n) is 18.2. The molecule has 0 saturated heterocycles. The van der Waals surface area contributed by atoms with Crippen LogP contribution in [0.3, 0.4) is 0 Å². The smallest absolute Gasteiger partial charge is 0.0466 e.